The Hall–Kier alpha value is -1.37. The third-order valence-corrected chi connectivity index (χ3v) is 3.30. The molecule has 0 spiro atoms. The first kappa shape index (κ1) is 14.7. The van der Waals surface area contributed by atoms with E-state index in [-0.39, 0.29) is 5.78 Å². The lowest BCUT2D eigenvalue weighted by Gasteiger charge is -2.06. The Kier molecular flexibility index (Phi) is 5.84. The molecular formula is C17H24O. The van der Waals surface area contributed by atoms with E-state index in [0.717, 1.165) is 18.4 Å². The summed E-state index contributed by atoms with van der Waals surface area (Å²) in [6.45, 7) is 8.55. The fourth-order valence-corrected chi connectivity index (χ4v) is 1.95. The molecule has 0 N–H and O–H groups in total. The minimum Gasteiger partial charge on any atom is -0.294 e. The number of ketones is 1. The molecule has 1 rings (SSSR count). The molecule has 0 heterocycles. The highest BCUT2D eigenvalue weighted by Gasteiger charge is 2.03. The van der Waals surface area contributed by atoms with Gasteiger partial charge in [-0.3, -0.25) is 4.79 Å². The fraction of sp³-hybridized carbons (Fsp3) is 0.471. The van der Waals surface area contributed by atoms with Gasteiger partial charge >= 0.3 is 0 Å². The summed E-state index contributed by atoms with van der Waals surface area (Å²) in [5.41, 5.74) is 3.66. The molecule has 0 aromatic heterocycles. The zero-order valence-corrected chi connectivity index (χ0v) is 12.0. The monoisotopic (exact) mass is 244 g/mol. The molecule has 98 valence electrons. The van der Waals surface area contributed by atoms with Gasteiger partial charge in [0.1, 0.15) is 0 Å². The summed E-state index contributed by atoms with van der Waals surface area (Å²) >= 11 is 0. The second-order valence-electron chi connectivity index (χ2n) is 5.05. The van der Waals surface area contributed by atoms with Gasteiger partial charge in [0, 0.05) is 6.42 Å². The Labute approximate surface area is 111 Å². The number of hydrogen-bond acceptors (Lipinski definition) is 1. The average molecular weight is 244 g/mol. The van der Waals surface area contributed by atoms with Crippen LogP contribution in [0.2, 0.25) is 0 Å². The van der Waals surface area contributed by atoms with Crippen LogP contribution in [-0.4, -0.2) is 5.78 Å². The molecule has 0 fully saturated rings. The SMILES string of the molecule is CCC(=CC(=O)Cc1ccc(C(C)C)cc1)CC. The molecule has 0 atom stereocenters. The normalized spacial score (nSPS) is 10.5. The van der Waals surface area contributed by atoms with Crippen LogP contribution in [0.25, 0.3) is 0 Å². The predicted molar refractivity (Wildman–Crippen MR) is 77.9 cm³/mol. The highest BCUT2D eigenvalue weighted by atomic mass is 16.1. The number of rotatable bonds is 6. The molecule has 0 aliphatic carbocycles. The fourth-order valence-electron chi connectivity index (χ4n) is 1.95. The quantitative estimate of drug-likeness (QED) is 0.665. The number of benzene rings is 1. The van der Waals surface area contributed by atoms with E-state index in [2.05, 4.69) is 52.0 Å². The summed E-state index contributed by atoms with van der Waals surface area (Å²) in [6, 6.07) is 8.38. The first-order valence-electron chi connectivity index (χ1n) is 6.87. The van der Waals surface area contributed by atoms with Crippen molar-refractivity contribution in [1.29, 1.82) is 0 Å². The maximum absolute atomic E-state index is 11.9. The van der Waals surface area contributed by atoms with E-state index in [4.69, 9.17) is 0 Å². The summed E-state index contributed by atoms with van der Waals surface area (Å²) in [5.74, 6) is 0.757. The molecule has 0 bridgehead atoms. The lowest BCUT2D eigenvalue weighted by Crippen LogP contribution is -2.00. The third-order valence-electron chi connectivity index (χ3n) is 3.30. The molecule has 0 aliphatic rings. The maximum atomic E-state index is 11.9. The van der Waals surface area contributed by atoms with Gasteiger partial charge in [0.25, 0.3) is 0 Å². The molecule has 0 saturated heterocycles. The van der Waals surface area contributed by atoms with Gasteiger partial charge in [0.15, 0.2) is 5.78 Å². The second kappa shape index (κ2) is 7.15. The molecule has 0 unspecified atom stereocenters. The lowest BCUT2D eigenvalue weighted by atomic mass is 9.99. The summed E-state index contributed by atoms with van der Waals surface area (Å²) < 4.78 is 0. The van der Waals surface area contributed by atoms with Crippen molar-refractivity contribution in [3.8, 4) is 0 Å². The number of hydrogen-bond donors (Lipinski definition) is 0. The standard InChI is InChI=1S/C17H24O/c1-5-14(6-2)11-17(18)12-15-7-9-16(10-8-15)13(3)4/h7-11,13H,5-6,12H2,1-4H3. The van der Waals surface area contributed by atoms with Gasteiger partial charge in [0.05, 0.1) is 0 Å². The van der Waals surface area contributed by atoms with Crippen LogP contribution in [0.4, 0.5) is 0 Å². The number of carbonyl (C=O) groups is 1. The zero-order valence-electron chi connectivity index (χ0n) is 12.0. The number of allylic oxidation sites excluding steroid dienone is 2. The summed E-state index contributed by atoms with van der Waals surface area (Å²) in [6.07, 6.45) is 4.27. The van der Waals surface area contributed by atoms with Gasteiger partial charge < -0.3 is 0 Å². The van der Waals surface area contributed by atoms with Crippen LogP contribution < -0.4 is 0 Å². The van der Waals surface area contributed by atoms with Crippen molar-refractivity contribution in [3.05, 3.63) is 47.0 Å². The van der Waals surface area contributed by atoms with Crippen LogP contribution in [0.5, 0.6) is 0 Å². The van der Waals surface area contributed by atoms with Gasteiger partial charge in [-0.1, -0.05) is 57.5 Å². The molecule has 1 aromatic carbocycles. The van der Waals surface area contributed by atoms with Crippen molar-refractivity contribution in [1.82, 2.24) is 0 Å². The molecule has 0 aliphatic heterocycles. The first-order chi connectivity index (χ1) is 8.56. The Balaban J connectivity index is 2.68. The van der Waals surface area contributed by atoms with Gasteiger partial charge in [-0.05, 0) is 36.0 Å². The van der Waals surface area contributed by atoms with E-state index >= 15 is 0 Å². The molecule has 0 radical (unpaired) electrons. The Bertz CT molecular complexity index is 404. The van der Waals surface area contributed by atoms with Gasteiger partial charge in [0.2, 0.25) is 0 Å². The molecule has 1 aromatic rings. The van der Waals surface area contributed by atoms with Crippen molar-refractivity contribution in [3.63, 3.8) is 0 Å². The molecule has 0 amide bonds. The third kappa shape index (κ3) is 4.48. The van der Waals surface area contributed by atoms with Crippen LogP contribution in [-0.2, 0) is 11.2 Å². The first-order valence-corrected chi connectivity index (χ1v) is 6.87. The van der Waals surface area contributed by atoms with Crippen LogP contribution in [0.1, 0.15) is 57.6 Å². The topological polar surface area (TPSA) is 17.1 Å². The van der Waals surface area contributed by atoms with Crippen molar-refractivity contribution in [2.75, 3.05) is 0 Å². The summed E-state index contributed by atoms with van der Waals surface area (Å²) in [5, 5.41) is 0. The minimum absolute atomic E-state index is 0.214. The van der Waals surface area contributed by atoms with Crippen LogP contribution in [0.3, 0.4) is 0 Å². The van der Waals surface area contributed by atoms with Crippen molar-refractivity contribution < 1.29 is 4.79 Å². The Morgan fingerprint density at radius 3 is 2.11 bits per heavy atom. The zero-order chi connectivity index (χ0) is 13.5. The van der Waals surface area contributed by atoms with E-state index in [9.17, 15) is 4.79 Å². The van der Waals surface area contributed by atoms with E-state index in [1.807, 2.05) is 6.08 Å². The maximum Gasteiger partial charge on any atom is 0.160 e. The molecule has 0 saturated carbocycles. The van der Waals surface area contributed by atoms with Crippen LogP contribution >= 0.6 is 0 Å². The highest BCUT2D eigenvalue weighted by molar-refractivity contribution is 5.92. The molecular weight excluding hydrogens is 220 g/mol. The molecule has 18 heavy (non-hydrogen) atoms. The lowest BCUT2D eigenvalue weighted by molar-refractivity contribution is -0.114. The predicted octanol–water partition coefficient (Wildman–Crippen LogP) is 4.67. The van der Waals surface area contributed by atoms with Gasteiger partial charge in [-0.15, -0.1) is 0 Å². The summed E-state index contributed by atoms with van der Waals surface area (Å²) in [4.78, 5) is 11.9. The second-order valence-corrected chi connectivity index (χ2v) is 5.05. The number of carbonyl (C=O) groups excluding carboxylic acids is 1. The van der Waals surface area contributed by atoms with E-state index < -0.39 is 0 Å². The van der Waals surface area contributed by atoms with Gasteiger partial charge in [-0.25, -0.2) is 0 Å². The Morgan fingerprint density at radius 1 is 1.11 bits per heavy atom. The van der Waals surface area contributed by atoms with Crippen molar-refractivity contribution >= 4 is 5.78 Å². The minimum atomic E-state index is 0.214. The molecule has 1 nitrogen and oxygen atoms in total. The summed E-state index contributed by atoms with van der Waals surface area (Å²) in [7, 11) is 0. The van der Waals surface area contributed by atoms with E-state index in [1.54, 1.807) is 0 Å². The van der Waals surface area contributed by atoms with Gasteiger partial charge in [-0.2, -0.15) is 0 Å². The molecule has 1 heteroatoms. The van der Waals surface area contributed by atoms with Crippen molar-refractivity contribution in [2.24, 2.45) is 0 Å². The highest BCUT2D eigenvalue weighted by Crippen LogP contribution is 2.15. The largest absolute Gasteiger partial charge is 0.294 e. The van der Waals surface area contributed by atoms with Crippen LogP contribution in [0.15, 0.2) is 35.9 Å². The Morgan fingerprint density at radius 2 is 1.67 bits per heavy atom. The smallest absolute Gasteiger partial charge is 0.160 e. The average Bonchev–Trinajstić information content (AvgIpc) is 2.36. The van der Waals surface area contributed by atoms with Crippen LogP contribution in [0, 0.1) is 0 Å². The van der Waals surface area contributed by atoms with E-state index in [0.29, 0.717) is 12.3 Å². The van der Waals surface area contributed by atoms with E-state index in [1.165, 1.54) is 11.1 Å². The van der Waals surface area contributed by atoms with Crippen molar-refractivity contribution in [2.45, 2.75) is 52.9 Å².